The summed E-state index contributed by atoms with van der Waals surface area (Å²) in [6, 6.07) is 10.2. The predicted octanol–water partition coefficient (Wildman–Crippen LogP) is 3.64. The third-order valence-corrected chi connectivity index (χ3v) is 8.26. The summed E-state index contributed by atoms with van der Waals surface area (Å²) >= 11 is 0. The first-order valence-corrected chi connectivity index (χ1v) is 14.3. The van der Waals surface area contributed by atoms with Crippen molar-refractivity contribution in [3.8, 4) is 22.8 Å². The van der Waals surface area contributed by atoms with Crippen LogP contribution in [0.2, 0.25) is 0 Å². The highest BCUT2D eigenvalue weighted by molar-refractivity contribution is 5.97. The van der Waals surface area contributed by atoms with Gasteiger partial charge < -0.3 is 25.4 Å². The standard InChI is InChI=1S/C30H34N10O/c1-39-9-11-40(12-10-39)26-4-2-3-23-29(26)36-30(35-23)28-22-15-24(33-18-25(22)37-38-28)20-14-21(17-32-16-20)34-27(41)13-19-5-7-31-8-6-19/h2-4,14-19,31H,5-13H2,1H3,(H,34,41)(H,35,36)(H,37,38). The first-order valence-electron chi connectivity index (χ1n) is 14.3. The molecule has 0 aliphatic carbocycles. The van der Waals surface area contributed by atoms with Gasteiger partial charge in [-0.2, -0.15) is 5.10 Å². The molecule has 2 aliphatic heterocycles. The molecule has 2 saturated heterocycles. The Hall–Kier alpha value is -4.35. The van der Waals surface area contributed by atoms with E-state index in [0.717, 1.165) is 96.7 Å². The fraction of sp³-hybridized carbons (Fsp3) is 0.367. The highest BCUT2D eigenvalue weighted by Crippen LogP contribution is 2.32. The molecular weight excluding hydrogens is 516 g/mol. The van der Waals surface area contributed by atoms with Gasteiger partial charge in [-0.15, -0.1) is 0 Å². The summed E-state index contributed by atoms with van der Waals surface area (Å²) in [4.78, 5) is 35.0. The van der Waals surface area contributed by atoms with Crippen LogP contribution in [-0.4, -0.2) is 87.3 Å². The van der Waals surface area contributed by atoms with E-state index in [9.17, 15) is 4.79 Å². The lowest BCUT2D eigenvalue weighted by Crippen LogP contribution is -2.44. The zero-order valence-corrected chi connectivity index (χ0v) is 23.2. The molecule has 210 valence electrons. The van der Waals surface area contributed by atoms with Crippen molar-refractivity contribution in [2.75, 3.05) is 56.5 Å². The van der Waals surface area contributed by atoms with E-state index in [2.05, 4.69) is 70.8 Å². The molecule has 0 radical (unpaired) electrons. The van der Waals surface area contributed by atoms with E-state index in [4.69, 9.17) is 4.98 Å². The van der Waals surface area contributed by atoms with E-state index in [-0.39, 0.29) is 5.91 Å². The van der Waals surface area contributed by atoms with Crippen LogP contribution < -0.4 is 15.5 Å². The number of fused-ring (bicyclic) bond motifs is 2. The predicted molar refractivity (Wildman–Crippen MR) is 161 cm³/mol. The molecular formula is C30H34N10O. The normalized spacial score (nSPS) is 17.0. The Bertz CT molecular complexity index is 1690. The second-order valence-corrected chi connectivity index (χ2v) is 11.1. The van der Waals surface area contributed by atoms with E-state index in [1.54, 1.807) is 18.6 Å². The van der Waals surface area contributed by atoms with Gasteiger partial charge in [-0.3, -0.25) is 19.9 Å². The number of carbonyl (C=O) groups excluding carboxylic acids is 1. The summed E-state index contributed by atoms with van der Waals surface area (Å²) in [5.74, 6) is 1.16. The number of pyridine rings is 2. The van der Waals surface area contributed by atoms with Gasteiger partial charge in [0.05, 0.1) is 40.5 Å². The second kappa shape index (κ2) is 10.9. The van der Waals surface area contributed by atoms with Gasteiger partial charge in [0.1, 0.15) is 11.2 Å². The topological polar surface area (TPSA) is 131 Å². The van der Waals surface area contributed by atoms with Crippen LogP contribution in [0.1, 0.15) is 19.3 Å². The number of hydrogen-bond donors (Lipinski definition) is 4. The Balaban J connectivity index is 1.16. The van der Waals surface area contributed by atoms with Crippen LogP contribution >= 0.6 is 0 Å². The van der Waals surface area contributed by atoms with Crippen LogP contribution in [0.4, 0.5) is 11.4 Å². The third kappa shape index (κ3) is 5.25. The number of piperazine rings is 1. The number of piperidine rings is 1. The number of anilines is 2. The summed E-state index contributed by atoms with van der Waals surface area (Å²) in [5.41, 5.74) is 6.88. The molecule has 7 rings (SSSR count). The molecule has 0 spiro atoms. The van der Waals surface area contributed by atoms with Crippen LogP contribution in [-0.2, 0) is 4.79 Å². The third-order valence-electron chi connectivity index (χ3n) is 8.26. The van der Waals surface area contributed by atoms with Gasteiger partial charge in [-0.05, 0) is 63.2 Å². The first-order chi connectivity index (χ1) is 20.1. The van der Waals surface area contributed by atoms with Gasteiger partial charge in [-0.1, -0.05) is 6.07 Å². The Morgan fingerprint density at radius 1 is 1.05 bits per heavy atom. The van der Waals surface area contributed by atoms with Crippen molar-refractivity contribution in [1.29, 1.82) is 0 Å². The lowest BCUT2D eigenvalue weighted by Gasteiger charge is -2.34. The van der Waals surface area contributed by atoms with Crippen LogP contribution in [0.25, 0.3) is 44.7 Å². The molecule has 11 nitrogen and oxygen atoms in total. The monoisotopic (exact) mass is 550 g/mol. The summed E-state index contributed by atoms with van der Waals surface area (Å²) in [7, 11) is 2.16. The van der Waals surface area contributed by atoms with Crippen molar-refractivity contribution >= 4 is 39.2 Å². The number of carbonyl (C=O) groups is 1. The number of benzene rings is 1. The van der Waals surface area contributed by atoms with Gasteiger partial charge >= 0.3 is 0 Å². The second-order valence-electron chi connectivity index (χ2n) is 11.1. The molecule has 0 saturated carbocycles. The van der Waals surface area contributed by atoms with Crippen molar-refractivity contribution in [1.82, 2.24) is 40.3 Å². The minimum absolute atomic E-state index is 0.0252. The number of nitrogens with one attached hydrogen (secondary N) is 4. The number of H-pyrrole nitrogens is 2. The van der Waals surface area contributed by atoms with Gasteiger partial charge in [0, 0.05) is 49.7 Å². The molecule has 0 unspecified atom stereocenters. The van der Waals surface area contributed by atoms with E-state index >= 15 is 0 Å². The van der Waals surface area contributed by atoms with Crippen LogP contribution in [0, 0.1) is 5.92 Å². The van der Waals surface area contributed by atoms with E-state index in [1.807, 2.05) is 12.1 Å². The smallest absolute Gasteiger partial charge is 0.224 e. The SMILES string of the molecule is CN1CCN(c2cccc3[nH]c(-c4n[nH]c5cnc(-c6cncc(NC(=O)CC7CCNCC7)c6)cc45)nc23)CC1. The molecule has 41 heavy (non-hydrogen) atoms. The maximum Gasteiger partial charge on any atom is 0.224 e. The van der Waals surface area contributed by atoms with Crippen molar-refractivity contribution in [2.45, 2.75) is 19.3 Å². The summed E-state index contributed by atoms with van der Waals surface area (Å²) in [6.45, 7) is 5.97. The highest BCUT2D eigenvalue weighted by Gasteiger charge is 2.21. The molecule has 5 aromatic rings. The fourth-order valence-electron chi connectivity index (χ4n) is 5.90. The van der Waals surface area contributed by atoms with E-state index in [1.165, 1.54) is 0 Å². The Labute approximate surface area is 237 Å². The minimum atomic E-state index is 0.0252. The Morgan fingerprint density at radius 2 is 1.90 bits per heavy atom. The fourth-order valence-corrected chi connectivity index (χ4v) is 5.90. The minimum Gasteiger partial charge on any atom is -0.367 e. The Morgan fingerprint density at radius 3 is 2.76 bits per heavy atom. The molecule has 2 fully saturated rings. The summed E-state index contributed by atoms with van der Waals surface area (Å²) < 4.78 is 0. The lowest BCUT2D eigenvalue weighted by atomic mass is 9.94. The van der Waals surface area contributed by atoms with Gasteiger partial charge in [-0.25, -0.2) is 4.98 Å². The molecule has 1 amide bonds. The highest BCUT2D eigenvalue weighted by atomic mass is 16.1. The summed E-state index contributed by atoms with van der Waals surface area (Å²) in [6.07, 6.45) is 7.82. The van der Waals surface area contributed by atoms with Crippen molar-refractivity contribution in [3.05, 3.63) is 48.9 Å². The maximum absolute atomic E-state index is 12.7. The zero-order chi connectivity index (χ0) is 27.8. The molecule has 0 atom stereocenters. The molecule has 4 aromatic heterocycles. The van der Waals surface area contributed by atoms with Crippen molar-refractivity contribution in [2.24, 2.45) is 5.92 Å². The average Bonchev–Trinajstić information content (AvgIpc) is 3.62. The summed E-state index contributed by atoms with van der Waals surface area (Å²) in [5, 5.41) is 15.0. The van der Waals surface area contributed by atoms with E-state index in [0.29, 0.717) is 23.9 Å². The number of amides is 1. The van der Waals surface area contributed by atoms with Crippen LogP contribution in [0.5, 0.6) is 0 Å². The zero-order valence-electron chi connectivity index (χ0n) is 23.2. The number of hydrogen-bond acceptors (Lipinski definition) is 8. The number of aromatic amines is 2. The number of aromatic nitrogens is 6. The van der Waals surface area contributed by atoms with Crippen molar-refractivity contribution in [3.63, 3.8) is 0 Å². The maximum atomic E-state index is 12.7. The quantitative estimate of drug-likeness (QED) is 0.252. The number of para-hydroxylation sites is 1. The van der Waals surface area contributed by atoms with Crippen molar-refractivity contribution < 1.29 is 4.79 Å². The van der Waals surface area contributed by atoms with Gasteiger partial charge in [0.2, 0.25) is 5.91 Å². The average molecular weight is 551 g/mol. The first kappa shape index (κ1) is 25.6. The number of rotatable bonds is 6. The van der Waals surface area contributed by atoms with Crippen LogP contribution in [0.15, 0.2) is 48.9 Å². The van der Waals surface area contributed by atoms with Gasteiger partial charge in [0.25, 0.3) is 0 Å². The lowest BCUT2D eigenvalue weighted by molar-refractivity contribution is -0.117. The van der Waals surface area contributed by atoms with Gasteiger partial charge in [0.15, 0.2) is 5.82 Å². The molecule has 0 bridgehead atoms. The largest absolute Gasteiger partial charge is 0.367 e. The number of imidazole rings is 1. The molecule has 2 aliphatic rings. The molecule has 11 heteroatoms. The Kier molecular flexibility index (Phi) is 6.81. The molecule has 4 N–H and O–H groups in total. The molecule has 6 heterocycles. The number of nitrogens with zero attached hydrogens (tertiary/aromatic N) is 6. The van der Waals surface area contributed by atoms with E-state index < -0.39 is 0 Å². The number of likely N-dealkylation sites (N-methyl/N-ethyl adjacent to an activating group) is 1. The molecule has 1 aromatic carbocycles. The van der Waals surface area contributed by atoms with Crippen LogP contribution in [0.3, 0.4) is 0 Å².